The number of carbonyl (C=O) groups excluding carboxylic acids is 1. The van der Waals surface area contributed by atoms with Crippen LogP contribution in [0.15, 0.2) is 12.2 Å². The molecule has 0 amide bonds. The first kappa shape index (κ1) is 18.4. The maximum Gasteiger partial charge on any atom is 0.133 e. The van der Waals surface area contributed by atoms with Gasteiger partial charge >= 0.3 is 0 Å². The second-order valence-corrected chi connectivity index (χ2v) is 6.67. The highest BCUT2D eigenvalue weighted by atomic mass is 16.1. The molecule has 0 aromatic rings. The minimum absolute atomic E-state index is 0.252. The Kier molecular flexibility index (Phi) is 10.9. The van der Waals surface area contributed by atoms with Crippen LogP contribution in [0.5, 0.6) is 0 Å². The highest BCUT2D eigenvalue weighted by molar-refractivity contribution is 5.76. The Morgan fingerprint density at radius 2 is 1.53 bits per heavy atom. The molecule has 0 rings (SSSR count). The third kappa shape index (κ3) is 13.6. The summed E-state index contributed by atoms with van der Waals surface area (Å²) in [5.74, 6) is 2.58. The summed E-state index contributed by atoms with van der Waals surface area (Å²) < 4.78 is 0. The molecule has 1 heteroatoms. The molecular weight excluding hydrogens is 232 g/mol. The number of hydrogen-bond acceptors (Lipinski definition) is 1. The molecule has 0 aliphatic carbocycles. The molecule has 0 heterocycles. The summed E-state index contributed by atoms with van der Waals surface area (Å²) in [6.45, 7) is 10.9. The molecule has 0 aliphatic heterocycles. The van der Waals surface area contributed by atoms with Crippen molar-refractivity contribution in [3.05, 3.63) is 12.2 Å². The number of ketones is 1. The van der Waals surface area contributed by atoms with Gasteiger partial charge in [-0.1, -0.05) is 72.0 Å². The van der Waals surface area contributed by atoms with Gasteiger partial charge in [0.1, 0.15) is 5.78 Å². The third-order valence-electron chi connectivity index (χ3n) is 3.70. The number of allylic oxidation sites excluding steroid dienone is 2. The van der Waals surface area contributed by atoms with Crippen molar-refractivity contribution < 1.29 is 4.79 Å². The van der Waals surface area contributed by atoms with Gasteiger partial charge in [0, 0.05) is 6.42 Å². The lowest BCUT2D eigenvalue weighted by molar-refractivity contribution is -0.116. The predicted octanol–water partition coefficient (Wildman–Crippen LogP) is 5.79. The normalized spacial score (nSPS) is 15.1. The van der Waals surface area contributed by atoms with Gasteiger partial charge in [-0.05, 0) is 31.1 Å². The first-order valence-electron chi connectivity index (χ1n) is 8.07. The average Bonchev–Trinajstić information content (AvgIpc) is 2.27. The van der Waals surface area contributed by atoms with Crippen LogP contribution in [-0.2, 0) is 4.79 Å². The largest absolute Gasteiger partial charge is 0.300 e. The highest BCUT2D eigenvalue weighted by Crippen LogP contribution is 2.19. The van der Waals surface area contributed by atoms with Gasteiger partial charge < -0.3 is 0 Å². The van der Waals surface area contributed by atoms with E-state index in [-0.39, 0.29) is 5.78 Å². The summed E-state index contributed by atoms with van der Waals surface area (Å²) in [6, 6.07) is 0. The zero-order valence-corrected chi connectivity index (χ0v) is 13.7. The fourth-order valence-electron chi connectivity index (χ4n) is 2.37. The maximum atomic E-state index is 10.8. The molecule has 0 aromatic heterocycles. The van der Waals surface area contributed by atoms with Crippen LogP contribution in [0.4, 0.5) is 0 Å². The fraction of sp³-hybridized carbons (Fsp3) is 0.833. The molecule has 0 bridgehead atoms. The van der Waals surface area contributed by atoms with Crippen LogP contribution in [0, 0.1) is 17.8 Å². The topological polar surface area (TPSA) is 17.1 Å². The second kappa shape index (κ2) is 11.3. The van der Waals surface area contributed by atoms with E-state index >= 15 is 0 Å². The van der Waals surface area contributed by atoms with Gasteiger partial charge in [0.15, 0.2) is 0 Å². The minimum Gasteiger partial charge on any atom is -0.300 e. The van der Waals surface area contributed by atoms with Crippen molar-refractivity contribution in [2.75, 3.05) is 0 Å². The number of rotatable bonds is 11. The van der Waals surface area contributed by atoms with E-state index in [0.29, 0.717) is 12.3 Å². The number of carbonyl (C=O) groups is 1. The van der Waals surface area contributed by atoms with Gasteiger partial charge in [-0.15, -0.1) is 0 Å². The van der Waals surface area contributed by atoms with E-state index in [9.17, 15) is 4.79 Å². The summed E-state index contributed by atoms with van der Waals surface area (Å²) in [5.41, 5.74) is 0. The molecule has 112 valence electrons. The molecule has 19 heavy (non-hydrogen) atoms. The van der Waals surface area contributed by atoms with Crippen LogP contribution in [0.25, 0.3) is 0 Å². The Labute approximate surface area is 120 Å². The molecule has 0 N–H and O–H groups in total. The van der Waals surface area contributed by atoms with Gasteiger partial charge in [0.2, 0.25) is 0 Å². The van der Waals surface area contributed by atoms with Crippen LogP contribution in [-0.4, -0.2) is 5.78 Å². The molecule has 0 saturated heterocycles. The van der Waals surface area contributed by atoms with Crippen LogP contribution in [0.1, 0.15) is 79.6 Å². The van der Waals surface area contributed by atoms with E-state index in [1.165, 1.54) is 38.5 Å². The van der Waals surface area contributed by atoms with Crippen molar-refractivity contribution in [2.45, 2.75) is 79.6 Å². The van der Waals surface area contributed by atoms with Gasteiger partial charge in [0.25, 0.3) is 0 Å². The van der Waals surface area contributed by atoms with Crippen molar-refractivity contribution in [1.82, 2.24) is 0 Å². The van der Waals surface area contributed by atoms with Crippen molar-refractivity contribution in [1.29, 1.82) is 0 Å². The monoisotopic (exact) mass is 266 g/mol. The number of hydrogen-bond donors (Lipinski definition) is 0. The molecule has 2 unspecified atom stereocenters. The Morgan fingerprint density at radius 3 is 2.05 bits per heavy atom. The molecule has 2 atom stereocenters. The summed E-state index contributed by atoms with van der Waals surface area (Å²) in [4.78, 5) is 10.8. The van der Waals surface area contributed by atoms with Crippen LogP contribution < -0.4 is 0 Å². The molecular formula is C18H34O. The lowest BCUT2D eigenvalue weighted by Crippen LogP contribution is -1.98. The average molecular weight is 266 g/mol. The zero-order chi connectivity index (χ0) is 14.7. The van der Waals surface area contributed by atoms with Crippen molar-refractivity contribution in [3.63, 3.8) is 0 Å². The van der Waals surface area contributed by atoms with Crippen LogP contribution in [0.2, 0.25) is 0 Å². The smallest absolute Gasteiger partial charge is 0.133 e. The molecule has 0 fully saturated rings. The van der Waals surface area contributed by atoms with E-state index in [2.05, 4.69) is 33.8 Å². The second-order valence-electron chi connectivity index (χ2n) is 6.67. The standard InChI is InChI=1S/C18H34O/c1-15(2)9-6-10-16(3)11-7-12-17(4)13-8-14-18(5)19/h8,13,15-17H,6-7,9-12,14H2,1-5H3. The van der Waals surface area contributed by atoms with Crippen LogP contribution >= 0.6 is 0 Å². The summed E-state index contributed by atoms with van der Waals surface area (Å²) >= 11 is 0. The molecule has 1 nitrogen and oxygen atoms in total. The summed E-state index contributed by atoms with van der Waals surface area (Å²) in [6.07, 6.45) is 12.9. The third-order valence-corrected chi connectivity index (χ3v) is 3.70. The first-order valence-corrected chi connectivity index (χ1v) is 8.07. The Bertz CT molecular complexity index is 252. The molecule has 0 radical (unpaired) electrons. The first-order chi connectivity index (χ1) is 8.91. The highest BCUT2D eigenvalue weighted by Gasteiger charge is 2.04. The Balaban J connectivity index is 3.55. The molecule has 0 spiro atoms. The summed E-state index contributed by atoms with van der Waals surface area (Å²) in [5, 5.41) is 0. The zero-order valence-electron chi connectivity index (χ0n) is 13.7. The maximum absolute atomic E-state index is 10.8. The van der Waals surface area contributed by atoms with Crippen molar-refractivity contribution in [2.24, 2.45) is 17.8 Å². The Morgan fingerprint density at radius 1 is 0.947 bits per heavy atom. The fourth-order valence-corrected chi connectivity index (χ4v) is 2.37. The van der Waals surface area contributed by atoms with Gasteiger partial charge in [0.05, 0.1) is 0 Å². The summed E-state index contributed by atoms with van der Waals surface area (Å²) in [7, 11) is 0. The van der Waals surface area contributed by atoms with E-state index in [4.69, 9.17) is 0 Å². The van der Waals surface area contributed by atoms with E-state index < -0.39 is 0 Å². The lowest BCUT2D eigenvalue weighted by Gasteiger charge is -2.13. The molecule has 0 aliphatic rings. The van der Waals surface area contributed by atoms with Crippen LogP contribution in [0.3, 0.4) is 0 Å². The lowest BCUT2D eigenvalue weighted by atomic mass is 9.93. The number of Topliss-reactive ketones (excluding diaryl/α,β-unsaturated/α-hetero) is 1. The molecule has 0 aromatic carbocycles. The predicted molar refractivity (Wildman–Crippen MR) is 85.3 cm³/mol. The van der Waals surface area contributed by atoms with Crippen molar-refractivity contribution >= 4 is 5.78 Å². The Hall–Kier alpha value is -0.590. The van der Waals surface area contributed by atoms with E-state index in [1.807, 2.05) is 6.08 Å². The van der Waals surface area contributed by atoms with Gasteiger partial charge in [-0.3, -0.25) is 4.79 Å². The molecule has 0 saturated carbocycles. The van der Waals surface area contributed by atoms with E-state index in [0.717, 1.165) is 11.8 Å². The van der Waals surface area contributed by atoms with Gasteiger partial charge in [-0.25, -0.2) is 0 Å². The van der Waals surface area contributed by atoms with Gasteiger partial charge in [-0.2, -0.15) is 0 Å². The van der Waals surface area contributed by atoms with Crippen molar-refractivity contribution in [3.8, 4) is 0 Å². The quantitative estimate of drug-likeness (QED) is 0.432. The minimum atomic E-state index is 0.252. The van der Waals surface area contributed by atoms with E-state index in [1.54, 1.807) is 6.92 Å². The SMILES string of the molecule is CC(=O)CC=CC(C)CCCC(C)CCCC(C)C.